The van der Waals surface area contributed by atoms with Crippen molar-refractivity contribution in [1.82, 2.24) is 9.80 Å². The lowest BCUT2D eigenvalue weighted by molar-refractivity contribution is -0.143. The molecular weight excluding hydrogens is 238 g/mol. The Hall–Kier alpha value is -1.18. The summed E-state index contributed by atoms with van der Waals surface area (Å²) in [5, 5.41) is 0. The molecule has 1 aliphatic rings. The van der Waals surface area contributed by atoms with E-state index in [4.69, 9.17) is 10.5 Å². The predicted molar refractivity (Wildman–Crippen MR) is 64.9 cm³/mol. The molecule has 0 bridgehead atoms. The maximum absolute atomic E-state index is 11.7. The average molecular weight is 259 g/mol. The average Bonchev–Trinajstić information content (AvgIpc) is 2.39. The van der Waals surface area contributed by atoms with Crippen molar-refractivity contribution in [2.24, 2.45) is 5.73 Å². The Morgan fingerprint density at radius 2 is 1.89 bits per heavy atom. The van der Waals surface area contributed by atoms with Crippen molar-refractivity contribution >= 4 is 11.9 Å². The summed E-state index contributed by atoms with van der Waals surface area (Å²) in [5.74, 6) is -0.276. The number of nitrogens with two attached hydrogens (primary N) is 1. The normalized spacial score (nSPS) is 16.7. The Bertz CT molecular complexity index is 277. The summed E-state index contributed by atoms with van der Waals surface area (Å²) < 4.78 is 9.70. The number of rotatable bonds is 6. The molecule has 2 N–H and O–H groups in total. The highest BCUT2D eigenvalue weighted by Crippen LogP contribution is 2.02. The van der Waals surface area contributed by atoms with Crippen LogP contribution in [0.4, 0.5) is 0 Å². The first kappa shape index (κ1) is 14.9. The Labute approximate surface area is 107 Å². The van der Waals surface area contributed by atoms with Gasteiger partial charge in [-0.2, -0.15) is 0 Å². The second kappa shape index (κ2) is 8.02. The third-order valence-corrected chi connectivity index (χ3v) is 2.79. The summed E-state index contributed by atoms with van der Waals surface area (Å²) in [6.07, 6.45) is 0. The van der Waals surface area contributed by atoms with Crippen molar-refractivity contribution in [1.29, 1.82) is 0 Å². The number of piperazine rings is 1. The third-order valence-electron chi connectivity index (χ3n) is 2.79. The van der Waals surface area contributed by atoms with Gasteiger partial charge in [0.15, 0.2) is 0 Å². The lowest BCUT2D eigenvalue weighted by atomic mass is 10.3. The minimum atomic E-state index is -0.249. The molecule has 0 aromatic heterocycles. The van der Waals surface area contributed by atoms with Gasteiger partial charge in [0.25, 0.3) is 0 Å². The number of ether oxygens (including phenoxy) is 2. The minimum absolute atomic E-state index is 0.0267. The van der Waals surface area contributed by atoms with Crippen molar-refractivity contribution in [3.8, 4) is 0 Å². The topological polar surface area (TPSA) is 85.1 Å². The van der Waals surface area contributed by atoms with E-state index >= 15 is 0 Å². The van der Waals surface area contributed by atoms with Crippen LogP contribution in [-0.4, -0.2) is 81.3 Å². The van der Waals surface area contributed by atoms with Gasteiger partial charge in [0, 0.05) is 32.7 Å². The number of hydrogen-bond donors (Lipinski definition) is 1. The Morgan fingerprint density at radius 1 is 1.22 bits per heavy atom. The molecule has 1 amide bonds. The zero-order valence-electron chi connectivity index (χ0n) is 10.8. The molecule has 0 saturated carbocycles. The molecule has 7 heteroatoms. The molecule has 104 valence electrons. The number of esters is 1. The zero-order chi connectivity index (χ0) is 13.4. The van der Waals surface area contributed by atoms with Gasteiger partial charge in [-0.15, -0.1) is 0 Å². The summed E-state index contributed by atoms with van der Waals surface area (Å²) >= 11 is 0. The molecule has 0 unspecified atom stereocenters. The maximum atomic E-state index is 11.7. The number of methoxy groups -OCH3 is 1. The number of amides is 1. The first-order valence-corrected chi connectivity index (χ1v) is 6.02. The molecule has 1 heterocycles. The summed E-state index contributed by atoms with van der Waals surface area (Å²) in [6.45, 7) is 3.75. The molecule has 1 rings (SSSR count). The molecule has 1 fully saturated rings. The van der Waals surface area contributed by atoms with Crippen LogP contribution in [0, 0.1) is 0 Å². The van der Waals surface area contributed by atoms with E-state index in [1.165, 1.54) is 7.11 Å². The second-order valence-electron chi connectivity index (χ2n) is 4.07. The van der Waals surface area contributed by atoms with Gasteiger partial charge in [0.2, 0.25) is 5.91 Å². The Kier molecular flexibility index (Phi) is 6.63. The Morgan fingerprint density at radius 3 is 2.44 bits per heavy atom. The fourth-order valence-electron chi connectivity index (χ4n) is 1.74. The lowest BCUT2D eigenvalue weighted by Gasteiger charge is -2.33. The number of nitrogens with zero attached hydrogens (tertiary/aromatic N) is 2. The Balaban J connectivity index is 2.22. The van der Waals surface area contributed by atoms with Gasteiger partial charge in [-0.3, -0.25) is 14.5 Å². The van der Waals surface area contributed by atoms with Gasteiger partial charge in [-0.05, 0) is 0 Å². The summed E-state index contributed by atoms with van der Waals surface area (Å²) in [6, 6.07) is 0. The second-order valence-corrected chi connectivity index (χ2v) is 4.07. The molecule has 18 heavy (non-hydrogen) atoms. The van der Waals surface area contributed by atoms with Crippen LogP contribution in [0.5, 0.6) is 0 Å². The molecule has 0 atom stereocenters. The zero-order valence-corrected chi connectivity index (χ0v) is 10.8. The number of carbonyl (C=O) groups excluding carboxylic acids is 2. The highest BCUT2D eigenvalue weighted by atomic mass is 16.5. The molecule has 1 saturated heterocycles. The van der Waals surface area contributed by atoms with Crippen molar-refractivity contribution in [3.63, 3.8) is 0 Å². The van der Waals surface area contributed by atoms with E-state index < -0.39 is 0 Å². The standard InChI is InChI=1S/C11H21N3O4/c1-17-11(16)8-13-3-5-14(6-4-13)10(15)9-18-7-2-12/h2-9,12H2,1H3. The minimum Gasteiger partial charge on any atom is -0.468 e. The summed E-state index contributed by atoms with van der Waals surface area (Å²) in [5.41, 5.74) is 5.27. The fourth-order valence-corrected chi connectivity index (χ4v) is 1.74. The summed E-state index contributed by atoms with van der Waals surface area (Å²) in [4.78, 5) is 26.5. The smallest absolute Gasteiger partial charge is 0.319 e. The van der Waals surface area contributed by atoms with Crippen molar-refractivity contribution in [3.05, 3.63) is 0 Å². The SMILES string of the molecule is COC(=O)CN1CCN(C(=O)COCCN)CC1. The molecular formula is C11H21N3O4. The van der Waals surface area contributed by atoms with E-state index in [9.17, 15) is 9.59 Å². The van der Waals surface area contributed by atoms with E-state index in [2.05, 4.69) is 4.74 Å². The van der Waals surface area contributed by atoms with Crippen LogP contribution < -0.4 is 5.73 Å². The maximum Gasteiger partial charge on any atom is 0.319 e. The number of hydrogen-bond acceptors (Lipinski definition) is 6. The third kappa shape index (κ3) is 4.99. The summed E-state index contributed by atoms with van der Waals surface area (Å²) in [7, 11) is 1.37. The van der Waals surface area contributed by atoms with Crippen LogP contribution in [0.2, 0.25) is 0 Å². The molecule has 0 radical (unpaired) electrons. The quantitative estimate of drug-likeness (QED) is 0.451. The van der Waals surface area contributed by atoms with Crippen molar-refractivity contribution < 1.29 is 19.1 Å². The van der Waals surface area contributed by atoms with E-state index in [1.54, 1.807) is 4.90 Å². The van der Waals surface area contributed by atoms with E-state index in [0.717, 1.165) is 0 Å². The largest absolute Gasteiger partial charge is 0.468 e. The van der Waals surface area contributed by atoms with Crippen molar-refractivity contribution in [2.75, 3.05) is 59.6 Å². The highest BCUT2D eigenvalue weighted by Gasteiger charge is 2.22. The highest BCUT2D eigenvalue weighted by molar-refractivity contribution is 5.77. The van der Waals surface area contributed by atoms with Crippen molar-refractivity contribution in [2.45, 2.75) is 0 Å². The van der Waals surface area contributed by atoms with Gasteiger partial charge >= 0.3 is 5.97 Å². The van der Waals surface area contributed by atoms with Gasteiger partial charge in [-0.1, -0.05) is 0 Å². The lowest BCUT2D eigenvalue weighted by Crippen LogP contribution is -2.50. The van der Waals surface area contributed by atoms with Crippen LogP contribution in [0.25, 0.3) is 0 Å². The molecule has 7 nitrogen and oxygen atoms in total. The van der Waals surface area contributed by atoms with E-state index in [-0.39, 0.29) is 25.0 Å². The van der Waals surface area contributed by atoms with E-state index in [0.29, 0.717) is 39.3 Å². The molecule has 0 spiro atoms. The molecule has 0 aromatic carbocycles. The van der Waals surface area contributed by atoms with Crippen LogP contribution in [0.1, 0.15) is 0 Å². The molecule has 0 aliphatic carbocycles. The van der Waals surface area contributed by atoms with Gasteiger partial charge < -0.3 is 20.1 Å². The van der Waals surface area contributed by atoms with Gasteiger partial charge in [0.1, 0.15) is 6.61 Å². The van der Waals surface area contributed by atoms with E-state index in [1.807, 2.05) is 4.90 Å². The van der Waals surface area contributed by atoms with Crippen LogP contribution >= 0.6 is 0 Å². The van der Waals surface area contributed by atoms with Crippen LogP contribution in [-0.2, 0) is 19.1 Å². The predicted octanol–water partition coefficient (Wildman–Crippen LogP) is -1.72. The van der Waals surface area contributed by atoms with Crippen LogP contribution in [0.15, 0.2) is 0 Å². The first-order valence-electron chi connectivity index (χ1n) is 6.02. The first-order chi connectivity index (χ1) is 8.67. The fraction of sp³-hybridized carbons (Fsp3) is 0.818. The van der Waals surface area contributed by atoms with Gasteiger partial charge in [-0.25, -0.2) is 0 Å². The molecule has 1 aliphatic heterocycles. The monoisotopic (exact) mass is 259 g/mol. The van der Waals surface area contributed by atoms with Gasteiger partial charge in [0.05, 0.1) is 20.3 Å². The van der Waals surface area contributed by atoms with Crippen LogP contribution in [0.3, 0.4) is 0 Å². The number of carbonyl (C=O) groups is 2. The molecule has 0 aromatic rings.